The highest BCUT2D eigenvalue weighted by Crippen LogP contribution is 2.26. The van der Waals surface area contributed by atoms with E-state index in [-0.39, 0.29) is 12.0 Å². The van der Waals surface area contributed by atoms with Gasteiger partial charge in [-0.25, -0.2) is 0 Å². The average Bonchev–Trinajstić information content (AvgIpc) is 2.39. The van der Waals surface area contributed by atoms with Crippen LogP contribution < -0.4 is 5.32 Å². The van der Waals surface area contributed by atoms with Gasteiger partial charge >= 0.3 is 5.97 Å². The molecular weight excluding hydrogens is 238 g/mol. The lowest BCUT2D eigenvalue weighted by molar-refractivity contribution is -0.143. The monoisotopic (exact) mass is 253 g/mol. The van der Waals surface area contributed by atoms with Crippen molar-refractivity contribution in [3.05, 3.63) is 34.9 Å². The summed E-state index contributed by atoms with van der Waals surface area (Å²) in [6, 6.07) is 7.76. The van der Waals surface area contributed by atoms with E-state index < -0.39 is 0 Å². The Hall–Kier alpha value is -1.06. The van der Waals surface area contributed by atoms with Crippen molar-refractivity contribution in [2.75, 3.05) is 13.7 Å². The minimum absolute atomic E-state index is 0.149. The summed E-state index contributed by atoms with van der Waals surface area (Å²) >= 11 is 5.86. The minimum atomic E-state index is -0.167. The van der Waals surface area contributed by atoms with Gasteiger partial charge in [0.2, 0.25) is 0 Å². The van der Waals surface area contributed by atoms with Crippen molar-refractivity contribution in [3.8, 4) is 0 Å². The number of piperidine rings is 1. The molecule has 0 aliphatic carbocycles. The van der Waals surface area contributed by atoms with E-state index in [1.165, 1.54) is 12.7 Å². The summed E-state index contributed by atoms with van der Waals surface area (Å²) in [4.78, 5) is 11.4. The number of carbonyl (C=O) groups is 1. The number of esters is 1. The molecule has 1 heterocycles. The molecule has 0 bridgehead atoms. The lowest BCUT2D eigenvalue weighted by atomic mass is 9.89. The summed E-state index contributed by atoms with van der Waals surface area (Å²) < 4.78 is 4.73. The molecule has 1 aromatic carbocycles. The third-order valence-corrected chi connectivity index (χ3v) is 3.49. The van der Waals surface area contributed by atoms with Crippen LogP contribution in [0.4, 0.5) is 0 Å². The normalized spacial score (nSPS) is 24.4. The van der Waals surface area contributed by atoms with Crippen LogP contribution in [0.1, 0.15) is 24.3 Å². The number of rotatable bonds is 2. The third kappa shape index (κ3) is 2.99. The maximum Gasteiger partial charge on any atom is 0.322 e. The molecule has 2 atom stereocenters. The molecule has 1 fully saturated rings. The number of hydrogen-bond acceptors (Lipinski definition) is 3. The van der Waals surface area contributed by atoms with Gasteiger partial charge < -0.3 is 10.1 Å². The lowest BCUT2D eigenvalue weighted by Gasteiger charge is -2.28. The third-order valence-electron chi connectivity index (χ3n) is 3.24. The molecule has 0 spiro atoms. The number of nitrogens with one attached hydrogen (secondary N) is 1. The fraction of sp³-hybridized carbons (Fsp3) is 0.462. The van der Waals surface area contributed by atoms with Gasteiger partial charge in [0, 0.05) is 11.6 Å². The summed E-state index contributed by atoms with van der Waals surface area (Å²) in [6.07, 6.45) is 1.81. The number of hydrogen-bond donors (Lipinski definition) is 1. The molecule has 4 heteroatoms. The second kappa shape index (κ2) is 5.52. The van der Waals surface area contributed by atoms with Crippen LogP contribution >= 0.6 is 11.6 Å². The highest BCUT2D eigenvalue weighted by Gasteiger charge is 2.26. The van der Waals surface area contributed by atoms with Crippen LogP contribution in [0.3, 0.4) is 0 Å². The zero-order valence-corrected chi connectivity index (χ0v) is 10.5. The van der Waals surface area contributed by atoms with E-state index in [1.54, 1.807) is 0 Å². The van der Waals surface area contributed by atoms with E-state index in [2.05, 4.69) is 5.32 Å². The number of ether oxygens (including phenoxy) is 1. The summed E-state index contributed by atoms with van der Waals surface area (Å²) in [7, 11) is 1.43. The van der Waals surface area contributed by atoms with Crippen LogP contribution in [-0.2, 0) is 9.53 Å². The van der Waals surface area contributed by atoms with Crippen LogP contribution in [0, 0.1) is 0 Å². The van der Waals surface area contributed by atoms with Gasteiger partial charge in [0.15, 0.2) is 0 Å². The van der Waals surface area contributed by atoms with Crippen molar-refractivity contribution in [1.29, 1.82) is 0 Å². The van der Waals surface area contributed by atoms with Crippen molar-refractivity contribution in [3.63, 3.8) is 0 Å². The van der Waals surface area contributed by atoms with Gasteiger partial charge in [-0.15, -0.1) is 0 Å². The van der Waals surface area contributed by atoms with Gasteiger partial charge in [-0.1, -0.05) is 23.7 Å². The Kier molecular flexibility index (Phi) is 4.02. The summed E-state index contributed by atoms with van der Waals surface area (Å²) in [5.74, 6) is 0.285. The van der Waals surface area contributed by atoms with Crippen molar-refractivity contribution in [2.45, 2.75) is 24.8 Å². The molecule has 1 aliphatic heterocycles. The van der Waals surface area contributed by atoms with E-state index in [9.17, 15) is 4.79 Å². The van der Waals surface area contributed by atoms with Crippen molar-refractivity contribution < 1.29 is 9.53 Å². The van der Waals surface area contributed by atoms with E-state index in [0.717, 1.165) is 24.4 Å². The first-order valence-electron chi connectivity index (χ1n) is 5.77. The smallest absolute Gasteiger partial charge is 0.322 e. The average molecular weight is 254 g/mol. The van der Waals surface area contributed by atoms with Gasteiger partial charge in [0.1, 0.15) is 6.04 Å². The molecule has 0 radical (unpaired) electrons. The van der Waals surface area contributed by atoms with Gasteiger partial charge in [-0.2, -0.15) is 0 Å². The number of halogens is 1. The van der Waals surface area contributed by atoms with Gasteiger partial charge in [-0.3, -0.25) is 4.79 Å². The predicted octanol–water partition coefficient (Wildman–Crippen LogP) is 2.35. The first-order chi connectivity index (χ1) is 8.20. The zero-order chi connectivity index (χ0) is 12.3. The number of carbonyl (C=O) groups excluding carboxylic acids is 1. The quantitative estimate of drug-likeness (QED) is 0.823. The standard InChI is InChI=1S/C13H16ClNO2/c1-17-13(16)12-7-4-10(8-15-12)9-2-5-11(14)6-3-9/h2-3,5-6,10,12,15H,4,7-8H2,1H3/t10-,12-/m1/s1. The topological polar surface area (TPSA) is 38.3 Å². The van der Waals surface area contributed by atoms with Crippen molar-refractivity contribution in [1.82, 2.24) is 5.32 Å². The molecule has 1 aromatic rings. The summed E-state index contributed by atoms with van der Waals surface area (Å²) in [5.41, 5.74) is 1.27. The van der Waals surface area contributed by atoms with Crippen LogP contribution in [-0.4, -0.2) is 25.7 Å². The zero-order valence-electron chi connectivity index (χ0n) is 9.78. The van der Waals surface area contributed by atoms with E-state index in [4.69, 9.17) is 16.3 Å². The van der Waals surface area contributed by atoms with Crippen LogP contribution in [0.25, 0.3) is 0 Å². The van der Waals surface area contributed by atoms with E-state index >= 15 is 0 Å². The lowest BCUT2D eigenvalue weighted by Crippen LogP contribution is -2.43. The Balaban J connectivity index is 1.95. The van der Waals surface area contributed by atoms with E-state index in [0.29, 0.717) is 5.92 Å². The second-order valence-corrected chi connectivity index (χ2v) is 4.75. The maximum absolute atomic E-state index is 11.4. The predicted molar refractivity (Wildman–Crippen MR) is 67.2 cm³/mol. The molecule has 3 nitrogen and oxygen atoms in total. The highest BCUT2D eigenvalue weighted by molar-refractivity contribution is 6.30. The van der Waals surface area contributed by atoms with Crippen molar-refractivity contribution in [2.24, 2.45) is 0 Å². The molecule has 0 saturated carbocycles. The molecular formula is C13H16ClNO2. The number of benzene rings is 1. The molecule has 0 amide bonds. The van der Waals surface area contributed by atoms with Crippen LogP contribution in [0.15, 0.2) is 24.3 Å². The molecule has 0 aromatic heterocycles. The molecule has 1 saturated heterocycles. The van der Waals surface area contributed by atoms with Gasteiger partial charge in [0.05, 0.1) is 7.11 Å². The molecule has 17 heavy (non-hydrogen) atoms. The minimum Gasteiger partial charge on any atom is -0.468 e. The van der Waals surface area contributed by atoms with Crippen LogP contribution in [0.5, 0.6) is 0 Å². The largest absolute Gasteiger partial charge is 0.468 e. The summed E-state index contributed by atoms with van der Waals surface area (Å²) in [6.45, 7) is 0.807. The molecule has 92 valence electrons. The summed E-state index contributed by atoms with van der Waals surface area (Å²) in [5, 5.41) is 3.98. The Morgan fingerprint density at radius 3 is 2.59 bits per heavy atom. The molecule has 1 N–H and O–H groups in total. The highest BCUT2D eigenvalue weighted by atomic mass is 35.5. The second-order valence-electron chi connectivity index (χ2n) is 4.31. The number of methoxy groups -OCH3 is 1. The van der Waals surface area contributed by atoms with Gasteiger partial charge in [0.25, 0.3) is 0 Å². The SMILES string of the molecule is COC(=O)[C@H]1CC[C@@H](c2ccc(Cl)cc2)CN1. The first-order valence-corrected chi connectivity index (χ1v) is 6.15. The maximum atomic E-state index is 11.4. The Morgan fingerprint density at radius 1 is 1.35 bits per heavy atom. The van der Waals surface area contributed by atoms with Gasteiger partial charge in [-0.05, 0) is 36.5 Å². The van der Waals surface area contributed by atoms with E-state index in [1.807, 2.05) is 24.3 Å². The molecule has 2 rings (SSSR count). The first kappa shape index (κ1) is 12.4. The Bertz CT molecular complexity index is 383. The fourth-order valence-corrected chi connectivity index (χ4v) is 2.35. The fourth-order valence-electron chi connectivity index (χ4n) is 2.22. The molecule has 1 aliphatic rings. The Labute approximate surface area is 106 Å². The molecule has 0 unspecified atom stereocenters. The Morgan fingerprint density at radius 2 is 2.06 bits per heavy atom. The van der Waals surface area contributed by atoms with Crippen LogP contribution in [0.2, 0.25) is 5.02 Å². The van der Waals surface area contributed by atoms with Crippen molar-refractivity contribution >= 4 is 17.6 Å².